The van der Waals surface area contributed by atoms with Crippen LogP contribution in [-0.2, 0) is 15.6 Å². The fourth-order valence-electron chi connectivity index (χ4n) is 6.79. The number of piperidine rings is 1. The van der Waals surface area contributed by atoms with E-state index in [1.165, 1.54) is 26.4 Å². The van der Waals surface area contributed by atoms with Crippen molar-refractivity contribution < 1.29 is 33.7 Å². The minimum Gasteiger partial charge on any atom is -0.493 e. The van der Waals surface area contributed by atoms with Crippen molar-refractivity contribution in [3.8, 4) is 17.2 Å². The normalized spacial score (nSPS) is 19.4. The van der Waals surface area contributed by atoms with Gasteiger partial charge in [-0.25, -0.2) is 4.79 Å². The molecule has 244 valence electrons. The van der Waals surface area contributed by atoms with E-state index in [2.05, 4.69) is 4.90 Å². The SMILES string of the molecule is COc1cc(C(=O)N2CCC(CCN3CCC(C(N)=O)(c4ccccc4)CC3)(c3ccc(Cl)c(Cl)c3)C2)cc(OC)c1OC(=O)O. The van der Waals surface area contributed by atoms with Crippen LogP contribution in [0.2, 0.25) is 10.0 Å². The van der Waals surface area contributed by atoms with Crippen LogP contribution in [0.15, 0.2) is 60.7 Å². The van der Waals surface area contributed by atoms with Crippen molar-refractivity contribution >= 4 is 41.2 Å². The lowest BCUT2D eigenvalue weighted by Crippen LogP contribution is -2.50. The van der Waals surface area contributed by atoms with Crippen LogP contribution in [0.1, 0.15) is 47.2 Å². The Morgan fingerprint density at radius 3 is 2.09 bits per heavy atom. The third kappa shape index (κ3) is 6.61. The molecule has 10 nitrogen and oxygen atoms in total. The van der Waals surface area contributed by atoms with Crippen LogP contribution in [0.5, 0.6) is 17.2 Å². The summed E-state index contributed by atoms with van der Waals surface area (Å²) in [7, 11) is 2.72. The van der Waals surface area contributed by atoms with Crippen molar-refractivity contribution in [3.63, 3.8) is 0 Å². The smallest absolute Gasteiger partial charge is 0.493 e. The van der Waals surface area contributed by atoms with Crippen LogP contribution in [0.25, 0.3) is 0 Å². The third-order valence-electron chi connectivity index (χ3n) is 9.48. The molecule has 0 aliphatic carbocycles. The summed E-state index contributed by atoms with van der Waals surface area (Å²) in [5, 5.41) is 10.1. The second kappa shape index (κ2) is 13.8. The summed E-state index contributed by atoms with van der Waals surface area (Å²) in [6, 6.07) is 18.3. The maximum absolute atomic E-state index is 13.9. The zero-order valence-corrected chi connectivity index (χ0v) is 27.3. The van der Waals surface area contributed by atoms with Crippen LogP contribution < -0.4 is 19.9 Å². The minimum atomic E-state index is -1.53. The van der Waals surface area contributed by atoms with Gasteiger partial charge in [-0.15, -0.1) is 0 Å². The number of ether oxygens (including phenoxy) is 3. The molecular formula is C34H37Cl2N3O7. The Hall–Kier alpha value is -3.99. The molecule has 0 radical (unpaired) electrons. The van der Waals surface area contributed by atoms with E-state index in [1.807, 2.05) is 42.5 Å². The molecule has 0 saturated carbocycles. The van der Waals surface area contributed by atoms with E-state index >= 15 is 0 Å². The maximum Gasteiger partial charge on any atom is 0.511 e. The summed E-state index contributed by atoms with van der Waals surface area (Å²) in [6.07, 6.45) is 1.15. The van der Waals surface area contributed by atoms with Gasteiger partial charge in [0.05, 0.1) is 29.7 Å². The summed E-state index contributed by atoms with van der Waals surface area (Å²) in [5.41, 5.74) is 7.08. The molecule has 2 heterocycles. The fourth-order valence-corrected chi connectivity index (χ4v) is 7.09. The van der Waals surface area contributed by atoms with Gasteiger partial charge < -0.3 is 34.9 Å². The number of rotatable bonds is 10. The zero-order chi connectivity index (χ0) is 33.1. The molecule has 3 aromatic rings. The van der Waals surface area contributed by atoms with E-state index in [0.717, 1.165) is 24.1 Å². The highest BCUT2D eigenvalue weighted by molar-refractivity contribution is 6.42. The molecule has 0 bridgehead atoms. The van der Waals surface area contributed by atoms with Crippen molar-refractivity contribution in [2.24, 2.45) is 5.73 Å². The first kappa shape index (κ1) is 33.4. The summed E-state index contributed by atoms with van der Waals surface area (Å²) < 4.78 is 15.5. The Kier molecular flexibility index (Phi) is 10.0. The zero-order valence-electron chi connectivity index (χ0n) is 25.8. The lowest BCUT2D eigenvalue weighted by atomic mass is 9.71. The van der Waals surface area contributed by atoms with Crippen LogP contribution in [0, 0.1) is 0 Å². The van der Waals surface area contributed by atoms with Crippen molar-refractivity contribution in [3.05, 3.63) is 87.4 Å². The molecule has 1 atom stereocenters. The Labute approximate surface area is 277 Å². The molecular weight excluding hydrogens is 633 g/mol. The van der Waals surface area contributed by atoms with Gasteiger partial charge in [-0.2, -0.15) is 0 Å². The lowest BCUT2D eigenvalue weighted by Gasteiger charge is -2.41. The Morgan fingerprint density at radius 2 is 1.52 bits per heavy atom. The highest BCUT2D eigenvalue weighted by Gasteiger charge is 2.44. The number of halogens is 2. The van der Waals surface area contributed by atoms with Gasteiger partial charge in [0, 0.05) is 24.1 Å². The molecule has 0 aromatic heterocycles. The molecule has 2 aliphatic heterocycles. The number of hydrogen-bond acceptors (Lipinski definition) is 7. The van der Waals surface area contributed by atoms with Crippen LogP contribution in [0.3, 0.4) is 0 Å². The van der Waals surface area contributed by atoms with Gasteiger partial charge in [0.15, 0.2) is 11.5 Å². The maximum atomic E-state index is 13.9. The number of carbonyl (C=O) groups excluding carboxylic acids is 2. The van der Waals surface area contributed by atoms with Crippen molar-refractivity contribution in [2.75, 3.05) is 46.9 Å². The number of nitrogens with zero attached hydrogens (tertiary/aromatic N) is 2. The number of likely N-dealkylation sites (tertiary alicyclic amines) is 2. The second-order valence-corrected chi connectivity index (χ2v) is 12.7. The number of benzene rings is 3. The molecule has 5 rings (SSSR count). The quantitative estimate of drug-likeness (QED) is 0.206. The monoisotopic (exact) mass is 669 g/mol. The van der Waals surface area contributed by atoms with E-state index in [1.54, 1.807) is 11.0 Å². The van der Waals surface area contributed by atoms with Gasteiger partial charge in [-0.3, -0.25) is 9.59 Å². The Morgan fingerprint density at radius 1 is 0.870 bits per heavy atom. The first-order valence-electron chi connectivity index (χ1n) is 15.0. The lowest BCUT2D eigenvalue weighted by molar-refractivity contribution is -0.125. The average Bonchev–Trinajstić information content (AvgIpc) is 3.50. The van der Waals surface area contributed by atoms with E-state index in [0.29, 0.717) is 55.5 Å². The average molecular weight is 671 g/mol. The van der Waals surface area contributed by atoms with Crippen molar-refractivity contribution in [1.82, 2.24) is 9.80 Å². The Balaban J connectivity index is 1.37. The molecule has 3 N–H and O–H groups in total. The summed E-state index contributed by atoms with van der Waals surface area (Å²) >= 11 is 12.8. The molecule has 3 aromatic carbocycles. The first-order chi connectivity index (χ1) is 22.0. The molecule has 2 saturated heterocycles. The van der Waals surface area contributed by atoms with E-state index < -0.39 is 17.0 Å². The Bertz CT molecular complexity index is 1590. The number of carbonyl (C=O) groups is 3. The number of amides is 2. The second-order valence-electron chi connectivity index (χ2n) is 11.9. The number of primary amides is 1. The van der Waals surface area contributed by atoms with E-state index in [4.69, 9.17) is 48.3 Å². The topological polar surface area (TPSA) is 132 Å². The molecule has 2 fully saturated rings. The van der Waals surface area contributed by atoms with Crippen LogP contribution >= 0.6 is 23.2 Å². The van der Waals surface area contributed by atoms with Gasteiger partial charge in [0.2, 0.25) is 11.7 Å². The molecule has 12 heteroatoms. The predicted octanol–water partition coefficient (Wildman–Crippen LogP) is 5.76. The summed E-state index contributed by atoms with van der Waals surface area (Å²) in [6.45, 7) is 3.07. The van der Waals surface area contributed by atoms with Gasteiger partial charge >= 0.3 is 6.16 Å². The molecule has 46 heavy (non-hydrogen) atoms. The fraction of sp³-hybridized carbons (Fsp3) is 0.382. The van der Waals surface area contributed by atoms with Crippen LogP contribution in [0.4, 0.5) is 4.79 Å². The molecule has 2 amide bonds. The van der Waals surface area contributed by atoms with Crippen molar-refractivity contribution in [2.45, 2.75) is 36.5 Å². The standard InChI is InChI=1S/C34H37Cl2N3O7/c1-44-27-18-22(19-28(45-2)29(27)46-32(42)43)30(40)39-17-11-33(21-39,24-8-9-25(35)26(36)20-24)10-14-38-15-12-34(13-16-38,31(37)41)23-6-4-3-5-7-23/h3-9,18-20H,10-17,21H2,1-2H3,(H2,37,41)(H,42,43). The highest BCUT2D eigenvalue weighted by atomic mass is 35.5. The number of methoxy groups -OCH3 is 2. The minimum absolute atomic E-state index is 0.0627. The summed E-state index contributed by atoms with van der Waals surface area (Å²) in [5.74, 6) is -0.561. The van der Waals surface area contributed by atoms with Gasteiger partial charge in [0.25, 0.3) is 5.91 Å². The largest absolute Gasteiger partial charge is 0.511 e. The van der Waals surface area contributed by atoms with Gasteiger partial charge in [0.1, 0.15) is 0 Å². The number of nitrogens with two attached hydrogens (primary N) is 1. The molecule has 0 spiro atoms. The number of carboxylic acid groups (broad SMARTS) is 1. The number of hydrogen-bond donors (Lipinski definition) is 2. The van der Waals surface area contributed by atoms with Gasteiger partial charge in [-0.05, 0) is 80.7 Å². The first-order valence-corrected chi connectivity index (χ1v) is 15.8. The molecule has 1 unspecified atom stereocenters. The van der Waals surface area contributed by atoms with Crippen LogP contribution in [-0.4, -0.2) is 79.8 Å². The summed E-state index contributed by atoms with van der Waals surface area (Å²) in [4.78, 5) is 42.0. The van der Waals surface area contributed by atoms with E-state index in [9.17, 15) is 14.4 Å². The van der Waals surface area contributed by atoms with E-state index in [-0.39, 0.29) is 34.6 Å². The highest BCUT2D eigenvalue weighted by Crippen LogP contribution is 2.43. The predicted molar refractivity (Wildman–Crippen MR) is 174 cm³/mol. The van der Waals surface area contributed by atoms with Crippen molar-refractivity contribution in [1.29, 1.82) is 0 Å². The molecule has 2 aliphatic rings. The van der Waals surface area contributed by atoms with Gasteiger partial charge in [-0.1, -0.05) is 59.6 Å². The third-order valence-corrected chi connectivity index (χ3v) is 10.2.